The van der Waals surface area contributed by atoms with E-state index in [0.717, 1.165) is 16.8 Å². The number of hydrogen-bond acceptors (Lipinski definition) is 2. The first kappa shape index (κ1) is 16.1. The number of benzene rings is 1. The molecule has 0 saturated heterocycles. The Kier molecular flexibility index (Phi) is 4.01. The molecular formula is C19H22N4O. The van der Waals surface area contributed by atoms with Crippen molar-refractivity contribution in [2.75, 3.05) is 5.32 Å². The summed E-state index contributed by atoms with van der Waals surface area (Å²) in [6.45, 7) is 8.07. The number of aryl methyl sites for hydroxylation is 1. The highest BCUT2D eigenvalue weighted by molar-refractivity contribution is 6.06. The average molecular weight is 322 g/mol. The van der Waals surface area contributed by atoms with Crippen molar-refractivity contribution in [1.29, 1.82) is 0 Å². The molecule has 0 aliphatic heterocycles. The van der Waals surface area contributed by atoms with Crippen molar-refractivity contribution >= 4 is 11.7 Å². The first-order valence-electron chi connectivity index (χ1n) is 7.97. The quantitative estimate of drug-likeness (QED) is 0.759. The third kappa shape index (κ3) is 2.97. The largest absolute Gasteiger partial charge is 0.365 e. The Hall–Kier alpha value is -2.82. The summed E-state index contributed by atoms with van der Waals surface area (Å²) in [4.78, 5) is 15.7. The molecule has 5 nitrogen and oxygen atoms in total. The molecule has 0 aliphatic rings. The van der Waals surface area contributed by atoms with E-state index in [1.54, 1.807) is 18.5 Å². The molecule has 1 aromatic carbocycles. The summed E-state index contributed by atoms with van der Waals surface area (Å²) in [5.74, 6) is 0.566. The fourth-order valence-electron chi connectivity index (χ4n) is 2.68. The van der Waals surface area contributed by atoms with Crippen LogP contribution in [0.4, 0.5) is 5.82 Å². The van der Waals surface area contributed by atoms with Gasteiger partial charge in [-0.3, -0.25) is 4.79 Å². The molecule has 2 N–H and O–H groups in total. The number of carbonyl (C=O) groups is 1. The van der Waals surface area contributed by atoms with Crippen molar-refractivity contribution in [3.63, 3.8) is 0 Å². The van der Waals surface area contributed by atoms with Gasteiger partial charge in [-0.15, -0.1) is 0 Å². The highest BCUT2D eigenvalue weighted by Crippen LogP contribution is 2.32. The molecule has 2 heterocycles. The van der Waals surface area contributed by atoms with E-state index < -0.39 is 0 Å². The molecule has 2 aromatic heterocycles. The fourth-order valence-corrected chi connectivity index (χ4v) is 2.68. The molecule has 3 aromatic rings. The third-order valence-corrected chi connectivity index (χ3v) is 3.92. The molecule has 1 amide bonds. The number of nitrogens with one attached hydrogen (secondary N) is 2. The Labute approximate surface area is 141 Å². The first-order chi connectivity index (χ1) is 11.4. The van der Waals surface area contributed by atoms with Crippen LogP contribution in [0.5, 0.6) is 0 Å². The first-order valence-corrected chi connectivity index (χ1v) is 7.97. The minimum Gasteiger partial charge on any atom is -0.365 e. The van der Waals surface area contributed by atoms with E-state index in [0.29, 0.717) is 11.4 Å². The maximum atomic E-state index is 12.7. The number of H-pyrrole nitrogens is 1. The van der Waals surface area contributed by atoms with Crippen molar-refractivity contribution in [3.05, 3.63) is 60.0 Å². The summed E-state index contributed by atoms with van der Waals surface area (Å²) >= 11 is 0. The number of amides is 1. The zero-order valence-electron chi connectivity index (χ0n) is 14.4. The van der Waals surface area contributed by atoms with Crippen LogP contribution in [0.3, 0.4) is 0 Å². The van der Waals surface area contributed by atoms with E-state index in [2.05, 4.69) is 36.2 Å². The zero-order chi connectivity index (χ0) is 17.3. The van der Waals surface area contributed by atoms with Gasteiger partial charge < -0.3 is 10.3 Å². The number of aromatic amines is 1. The Morgan fingerprint density at radius 2 is 1.88 bits per heavy atom. The molecule has 124 valence electrons. The predicted octanol–water partition coefficient (Wildman–Crippen LogP) is 4.19. The monoisotopic (exact) mass is 322 g/mol. The van der Waals surface area contributed by atoms with Crippen LogP contribution in [0, 0.1) is 6.92 Å². The summed E-state index contributed by atoms with van der Waals surface area (Å²) in [6, 6.07) is 11.7. The topological polar surface area (TPSA) is 62.7 Å². The molecule has 3 rings (SSSR count). The number of aromatic nitrogens is 3. The number of anilines is 1. The minimum atomic E-state index is -0.247. The van der Waals surface area contributed by atoms with Crippen LogP contribution < -0.4 is 5.32 Å². The number of hydrogen-bond donors (Lipinski definition) is 2. The molecule has 24 heavy (non-hydrogen) atoms. The van der Waals surface area contributed by atoms with Gasteiger partial charge in [0.2, 0.25) is 0 Å². The van der Waals surface area contributed by atoms with Crippen LogP contribution in [-0.4, -0.2) is 20.7 Å². The molecule has 0 atom stereocenters. The second-order valence-corrected chi connectivity index (χ2v) is 6.83. The highest BCUT2D eigenvalue weighted by Gasteiger charge is 2.24. The van der Waals surface area contributed by atoms with Crippen LogP contribution in [0.25, 0.3) is 11.1 Å². The lowest BCUT2D eigenvalue weighted by Gasteiger charge is -2.23. The summed E-state index contributed by atoms with van der Waals surface area (Å²) in [5, 5.41) is 7.56. The lowest BCUT2D eigenvalue weighted by molar-refractivity contribution is 0.102. The summed E-state index contributed by atoms with van der Waals surface area (Å²) in [7, 11) is 0. The van der Waals surface area contributed by atoms with Crippen molar-refractivity contribution in [2.24, 2.45) is 0 Å². The lowest BCUT2D eigenvalue weighted by atomic mass is 10.1. The maximum Gasteiger partial charge on any atom is 0.258 e. The molecule has 0 aliphatic carbocycles. The van der Waals surface area contributed by atoms with E-state index in [4.69, 9.17) is 0 Å². The van der Waals surface area contributed by atoms with E-state index in [1.807, 2.05) is 41.9 Å². The average Bonchev–Trinajstić information content (AvgIpc) is 3.14. The molecule has 0 bridgehead atoms. The standard InChI is InChI=1S/C19H22N4O/c1-13-15(10-11-20-13)18(24)22-17-16(14-8-6-5-7-9-14)12-21-23(17)19(2,3)4/h5-12,20H,1-4H3,(H,22,24). The van der Waals surface area contributed by atoms with Crippen LogP contribution in [-0.2, 0) is 5.54 Å². The van der Waals surface area contributed by atoms with Crippen LogP contribution in [0.15, 0.2) is 48.8 Å². The number of carbonyl (C=O) groups excluding carboxylic acids is 1. The Morgan fingerprint density at radius 1 is 1.17 bits per heavy atom. The summed E-state index contributed by atoms with van der Waals surface area (Å²) in [6.07, 6.45) is 3.57. The second-order valence-electron chi connectivity index (χ2n) is 6.83. The molecule has 0 saturated carbocycles. The maximum absolute atomic E-state index is 12.7. The van der Waals surface area contributed by atoms with Gasteiger partial charge in [-0.1, -0.05) is 30.3 Å². The van der Waals surface area contributed by atoms with E-state index in [1.165, 1.54) is 0 Å². The van der Waals surface area contributed by atoms with Gasteiger partial charge in [0.25, 0.3) is 5.91 Å². The number of rotatable bonds is 3. The second kappa shape index (κ2) is 6.00. The van der Waals surface area contributed by atoms with Crippen molar-refractivity contribution < 1.29 is 4.79 Å². The zero-order valence-corrected chi connectivity index (χ0v) is 14.4. The summed E-state index contributed by atoms with van der Waals surface area (Å²) < 4.78 is 1.86. The predicted molar refractivity (Wildman–Crippen MR) is 96.1 cm³/mol. The van der Waals surface area contributed by atoms with Crippen molar-refractivity contribution in [2.45, 2.75) is 33.2 Å². The molecular weight excluding hydrogens is 300 g/mol. The van der Waals surface area contributed by atoms with Gasteiger partial charge in [0.15, 0.2) is 0 Å². The molecule has 0 spiro atoms. The van der Waals surface area contributed by atoms with Gasteiger partial charge in [-0.25, -0.2) is 4.68 Å². The van der Waals surface area contributed by atoms with Gasteiger partial charge >= 0.3 is 0 Å². The fraction of sp³-hybridized carbons (Fsp3) is 0.263. The summed E-state index contributed by atoms with van der Waals surface area (Å²) in [5.41, 5.74) is 3.16. The Balaban J connectivity index is 2.06. The van der Waals surface area contributed by atoms with Crippen LogP contribution in [0.2, 0.25) is 0 Å². The Morgan fingerprint density at radius 3 is 2.46 bits per heavy atom. The molecule has 5 heteroatoms. The van der Waals surface area contributed by atoms with Gasteiger partial charge in [0, 0.05) is 17.5 Å². The van der Waals surface area contributed by atoms with Crippen LogP contribution in [0.1, 0.15) is 36.8 Å². The van der Waals surface area contributed by atoms with E-state index in [-0.39, 0.29) is 11.4 Å². The molecule has 0 radical (unpaired) electrons. The van der Waals surface area contributed by atoms with E-state index >= 15 is 0 Å². The van der Waals surface area contributed by atoms with Crippen LogP contribution >= 0.6 is 0 Å². The normalized spacial score (nSPS) is 11.5. The third-order valence-electron chi connectivity index (χ3n) is 3.92. The van der Waals surface area contributed by atoms with Crippen molar-refractivity contribution in [1.82, 2.24) is 14.8 Å². The van der Waals surface area contributed by atoms with Gasteiger partial charge in [0.05, 0.1) is 17.3 Å². The lowest BCUT2D eigenvalue weighted by Crippen LogP contribution is -2.27. The molecule has 0 fully saturated rings. The smallest absolute Gasteiger partial charge is 0.258 e. The minimum absolute atomic E-state index is 0.142. The number of nitrogens with zero attached hydrogens (tertiary/aromatic N) is 2. The van der Waals surface area contributed by atoms with Gasteiger partial charge in [-0.2, -0.15) is 5.10 Å². The SMILES string of the molecule is Cc1[nH]ccc1C(=O)Nc1c(-c2ccccc2)cnn1C(C)(C)C. The van der Waals surface area contributed by atoms with E-state index in [9.17, 15) is 4.79 Å². The Bertz CT molecular complexity index is 853. The highest BCUT2D eigenvalue weighted by atomic mass is 16.1. The molecule has 0 unspecified atom stereocenters. The van der Waals surface area contributed by atoms with Gasteiger partial charge in [0.1, 0.15) is 5.82 Å². The van der Waals surface area contributed by atoms with Gasteiger partial charge in [-0.05, 0) is 39.3 Å². The van der Waals surface area contributed by atoms with Crippen molar-refractivity contribution in [3.8, 4) is 11.1 Å².